The lowest BCUT2D eigenvalue weighted by Gasteiger charge is -2.38. The second-order valence-electron chi connectivity index (χ2n) is 8.44. The monoisotopic (exact) mass is 374 g/mol. The number of carbonyl (C=O) groups excluding carboxylic acids is 2. The van der Waals surface area contributed by atoms with Crippen molar-refractivity contribution in [2.75, 3.05) is 13.6 Å². The zero-order valence-electron chi connectivity index (χ0n) is 16.2. The Morgan fingerprint density at radius 3 is 2.59 bits per heavy atom. The van der Waals surface area contributed by atoms with Crippen molar-refractivity contribution in [1.29, 1.82) is 0 Å². The Bertz CT molecular complexity index is 677. The molecule has 0 spiro atoms. The van der Waals surface area contributed by atoms with Crippen LogP contribution < -0.4 is 0 Å². The minimum Gasteiger partial charge on any atom is -0.339 e. The normalized spacial score (nSPS) is 24.7. The lowest BCUT2D eigenvalue weighted by atomic mass is 9.93. The van der Waals surface area contributed by atoms with Crippen LogP contribution in [0.25, 0.3) is 0 Å². The Hall–Kier alpha value is -1.92. The van der Waals surface area contributed by atoms with Crippen LogP contribution in [0.1, 0.15) is 81.8 Å². The van der Waals surface area contributed by atoms with Crippen LogP contribution in [0.5, 0.6) is 0 Å². The predicted molar refractivity (Wildman–Crippen MR) is 98.7 cm³/mol. The summed E-state index contributed by atoms with van der Waals surface area (Å²) >= 11 is 0. The number of nitrogens with zero attached hydrogens (tertiary/aromatic N) is 4. The third-order valence-corrected chi connectivity index (χ3v) is 6.22. The molecule has 1 aromatic rings. The summed E-state index contributed by atoms with van der Waals surface area (Å²) in [5, 5.41) is 4.01. The average Bonchev–Trinajstić information content (AvgIpc) is 3.46. The van der Waals surface area contributed by atoms with Gasteiger partial charge in [-0.05, 0) is 32.1 Å². The van der Waals surface area contributed by atoms with Gasteiger partial charge in [0.2, 0.25) is 17.7 Å². The molecule has 1 saturated heterocycles. The van der Waals surface area contributed by atoms with E-state index in [-0.39, 0.29) is 17.7 Å². The van der Waals surface area contributed by atoms with Gasteiger partial charge in [-0.2, -0.15) is 4.98 Å². The van der Waals surface area contributed by atoms with E-state index in [1.165, 1.54) is 25.7 Å². The van der Waals surface area contributed by atoms with Gasteiger partial charge in [-0.1, -0.05) is 30.8 Å². The third kappa shape index (κ3) is 4.33. The fraction of sp³-hybridized carbons (Fsp3) is 0.800. The quantitative estimate of drug-likeness (QED) is 0.741. The first kappa shape index (κ1) is 18.4. The molecule has 2 amide bonds. The van der Waals surface area contributed by atoms with Crippen LogP contribution in [-0.4, -0.2) is 51.4 Å². The summed E-state index contributed by atoms with van der Waals surface area (Å²) in [7, 11) is 1.79. The maximum atomic E-state index is 13.0. The summed E-state index contributed by atoms with van der Waals surface area (Å²) in [6, 6.07) is 0.319. The summed E-state index contributed by atoms with van der Waals surface area (Å²) < 4.78 is 5.29. The van der Waals surface area contributed by atoms with E-state index < -0.39 is 0 Å². The zero-order chi connectivity index (χ0) is 18.8. The Morgan fingerprint density at radius 1 is 1.15 bits per heavy atom. The Morgan fingerprint density at radius 2 is 1.89 bits per heavy atom. The van der Waals surface area contributed by atoms with Crippen molar-refractivity contribution in [3.63, 3.8) is 0 Å². The van der Waals surface area contributed by atoms with Crippen molar-refractivity contribution in [2.45, 2.75) is 82.7 Å². The second kappa shape index (κ2) is 7.98. The number of hydrogen-bond donors (Lipinski definition) is 0. The molecule has 0 bridgehead atoms. The molecule has 0 radical (unpaired) electrons. The predicted octanol–water partition coefficient (Wildman–Crippen LogP) is 2.87. The maximum absolute atomic E-state index is 13.0. The minimum absolute atomic E-state index is 0.0823. The van der Waals surface area contributed by atoms with E-state index >= 15 is 0 Å². The van der Waals surface area contributed by atoms with E-state index in [4.69, 9.17) is 4.52 Å². The van der Waals surface area contributed by atoms with Gasteiger partial charge in [-0.25, -0.2) is 0 Å². The first-order chi connectivity index (χ1) is 13.1. The van der Waals surface area contributed by atoms with E-state index in [1.54, 1.807) is 11.9 Å². The molecule has 7 nitrogen and oxygen atoms in total. The van der Waals surface area contributed by atoms with Gasteiger partial charge in [0.15, 0.2) is 5.82 Å². The van der Waals surface area contributed by atoms with Crippen LogP contribution in [0, 0.1) is 5.92 Å². The number of carbonyl (C=O) groups is 2. The van der Waals surface area contributed by atoms with Crippen LogP contribution in [0.15, 0.2) is 4.52 Å². The topological polar surface area (TPSA) is 79.5 Å². The minimum atomic E-state index is -0.120. The van der Waals surface area contributed by atoms with Gasteiger partial charge >= 0.3 is 0 Å². The molecular formula is C20H30N4O3. The molecule has 1 atom stereocenters. The van der Waals surface area contributed by atoms with Crippen LogP contribution in [0.4, 0.5) is 0 Å². The largest absolute Gasteiger partial charge is 0.339 e. The summed E-state index contributed by atoms with van der Waals surface area (Å²) in [6.07, 6.45) is 10.4. The van der Waals surface area contributed by atoms with Gasteiger partial charge in [0.05, 0.1) is 12.5 Å². The zero-order valence-corrected chi connectivity index (χ0v) is 16.2. The highest BCUT2D eigenvalue weighted by molar-refractivity contribution is 5.83. The molecule has 3 aliphatic rings. The highest BCUT2D eigenvalue weighted by Crippen LogP contribution is 2.38. The second-order valence-corrected chi connectivity index (χ2v) is 8.44. The SMILES string of the molecule is CN(Cc1noc(C2CC2)n1)C(=O)C1CCC(=O)N(C2CCCCCC2)C1. The van der Waals surface area contributed by atoms with Crippen LogP contribution in [-0.2, 0) is 16.1 Å². The molecule has 1 aliphatic heterocycles. The third-order valence-electron chi connectivity index (χ3n) is 6.22. The number of amides is 2. The Labute approximate surface area is 160 Å². The van der Waals surface area contributed by atoms with Gasteiger partial charge in [0.1, 0.15) is 0 Å². The van der Waals surface area contributed by atoms with Gasteiger partial charge in [-0.15, -0.1) is 0 Å². The summed E-state index contributed by atoms with van der Waals surface area (Å²) in [5.74, 6) is 1.88. The van der Waals surface area contributed by atoms with Gasteiger partial charge in [-0.3, -0.25) is 9.59 Å². The number of likely N-dealkylation sites (tertiary alicyclic amines) is 1. The molecule has 4 rings (SSSR count). The average molecular weight is 374 g/mol. The molecule has 0 aromatic carbocycles. The molecule has 3 fully saturated rings. The highest BCUT2D eigenvalue weighted by atomic mass is 16.5. The number of hydrogen-bond acceptors (Lipinski definition) is 5. The molecule has 1 aromatic heterocycles. The van der Waals surface area contributed by atoms with Gasteiger partial charge < -0.3 is 14.3 Å². The molecule has 2 saturated carbocycles. The van der Waals surface area contributed by atoms with E-state index in [0.29, 0.717) is 49.6 Å². The molecule has 148 valence electrons. The molecule has 7 heteroatoms. The molecule has 2 aliphatic carbocycles. The summed E-state index contributed by atoms with van der Waals surface area (Å²) in [5.41, 5.74) is 0. The van der Waals surface area contributed by atoms with Crippen molar-refractivity contribution in [2.24, 2.45) is 5.92 Å². The van der Waals surface area contributed by atoms with Crippen LogP contribution in [0.3, 0.4) is 0 Å². The molecular weight excluding hydrogens is 344 g/mol. The summed E-state index contributed by atoms with van der Waals surface area (Å²) in [6.45, 7) is 0.926. The highest BCUT2D eigenvalue weighted by Gasteiger charge is 2.36. The van der Waals surface area contributed by atoms with E-state index in [2.05, 4.69) is 10.1 Å². The first-order valence-corrected chi connectivity index (χ1v) is 10.5. The van der Waals surface area contributed by atoms with Gasteiger partial charge in [0, 0.05) is 32.0 Å². The van der Waals surface area contributed by atoms with Crippen LogP contribution >= 0.6 is 0 Å². The maximum Gasteiger partial charge on any atom is 0.229 e. The van der Waals surface area contributed by atoms with Crippen molar-refractivity contribution in [3.8, 4) is 0 Å². The molecule has 27 heavy (non-hydrogen) atoms. The summed E-state index contributed by atoms with van der Waals surface area (Å²) in [4.78, 5) is 33.5. The van der Waals surface area contributed by atoms with Crippen molar-refractivity contribution >= 4 is 11.8 Å². The smallest absolute Gasteiger partial charge is 0.229 e. The Balaban J connectivity index is 1.35. The lowest BCUT2D eigenvalue weighted by Crippen LogP contribution is -2.50. The van der Waals surface area contributed by atoms with Crippen LogP contribution in [0.2, 0.25) is 0 Å². The number of aromatic nitrogens is 2. The lowest BCUT2D eigenvalue weighted by molar-refractivity contribution is -0.144. The van der Waals surface area contributed by atoms with E-state index in [9.17, 15) is 9.59 Å². The standard InChI is InChI=1S/C20H30N4O3/c1-23(13-17-21-19(27-22-17)14-8-9-14)20(26)15-10-11-18(25)24(12-15)16-6-4-2-3-5-7-16/h14-16H,2-13H2,1H3. The fourth-order valence-corrected chi connectivity index (χ4v) is 4.43. The molecule has 2 heterocycles. The molecule has 0 N–H and O–H groups in total. The Kier molecular flexibility index (Phi) is 5.45. The van der Waals surface area contributed by atoms with E-state index in [0.717, 1.165) is 25.7 Å². The first-order valence-electron chi connectivity index (χ1n) is 10.5. The van der Waals surface area contributed by atoms with E-state index in [1.807, 2.05) is 4.90 Å². The number of piperidine rings is 1. The fourth-order valence-electron chi connectivity index (χ4n) is 4.43. The van der Waals surface area contributed by atoms with Gasteiger partial charge in [0.25, 0.3) is 0 Å². The van der Waals surface area contributed by atoms with Crippen molar-refractivity contribution in [3.05, 3.63) is 11.7 Å². The van der Waals surface area contributed by atoms with Crippen molar-refractivity contribution in [1.82, 2.24) is 19.9 Å². The number of rotatable bonds is 5. The van der Waals surface area contributed by atoms with Crippen molar-refractivity contribution < 1.29 is 14.1 Å². The molecule has 1 unspecified atom stereocenters.